The molecule has 2 rings (SSSR count). The van der Waals surface area contributed by atoms with Crippen LogP contribution in [0.2, 0.25) is 0 Å². The number of carbonyl (C=O) groups excluding carboxylic acids is 1. The van der Waals surface area contributed by atoms with E-state index in [0.29, 0.717) is 12.2 Å². The number of ether oxygens (including phenoxy) is 1. The molecular weight excluding hydrogens is 459 g/mol. The molecule has 22 heavy (non-hydrogen) atoms. The molecule has 0 spiro atoms. The van der Waals surface area contributed by atoms with Gasteiger partial charge in [-0.3, -0.25) is 4.79 Å². The van der Waals surface area contributed by atoms with Crippen molar-refractivity contribution in [2.45, 2.75) is 6.92 Å². The van der Waals surface area contributed by atoms with E-state index in [0.717, 1.165) is 19.4 Å². The van der Waals surface area contributed by atoms with Crippen molar-refractivity contribution in [1.82, 2.24) is 5.43 Å². The molecule has 0 aliphatic carbocycles. The largest absolute Gasteiger partial charge is 0.493 e. The molecule has 4 nitrogen and oxygen atoms in total. The van der Waals surface area contributed by atoms with E-state index >= 15 is 0 Å². The zero-order valence-corrected chi connectivity index (χ0v) is 15.6. The Balaban J connectivity index is 2.11. The van der Waals surface area contributed by atoms with Crippen LogP contribution in [-0.4, -0.2) is 18.7 Å². The highest BCUT2D eigenvalue weighted by Crippen LogP contribution is 2.21. The van der Waals surface area contributed by atoms with E-state index in [1.54, 1.807) is 12.3 Å². The van der Waals surface area contributed by atoms with Crippen LogP contribution in [0.4, 0.5) is 0 Å². The summed E-state index contributed by atoms with van der Waals surface area (Å²) in [7, 11) is 0. The van der Waals surface area contributed by atoms with E-state index < -0.39 is 0 Å². The Morgan fingerprint density at radius 2 is 2.14 bits per heavy atom. The van der Waals surface area contributed by atoms with Crippen LogP contribution >= 0.6 is 38.5 Å². The molecule has 6 heteroatoms. The molecule has 0 bridgehead atoms. The molecule has 1 amide bonds. The number of hydrazone groups is 1. The summed E-state index contributed by atoms with van der Waals surface area (Å²) in [6.07, 6.45) is 1.57. The Morgan fingerprint density at radius 3 is 2.86 bits per heavy atom. The minimum atomic E-state index is -0.241. The monoisotopic (exact) mass is 472 g/mol. The fraction of sp³-hybridized carbons (Fsp3) is 0.125. The third-order valence-corrected chi connectivity index (χ3v) is 4.19. The first-order valence-corrected chi connectivity index (χ1v) is 8.49. The first-order chi connectivity index (χ1) is 10.6. The zero-order chi connectivity index (χ0) is 15.9. The first kappa shape index (κ1) is 17.0. The summed E-state index contributed by atoms with van der Waals surface area (Å²) in [5, 5.41) is 4.01. The van der Waals surface area contributed by atoms with Gasteiger partial charge in [-0.05, 0) is 59.8 Å². The van der Waals surface area contributed by atoms with Crippen molar-refractivity contribution >= 4 is 50.6 Å². The molecule has 0 radical (unpaired) electrons. The minimum Gasteiger partial charge on any atom is -0.493 e. The van der Waals surface area contributed by atoms with E-state index in [1.165, 1.54) is 0 Å². The fourth-order valence-electron chi connectivity index (χ4n) is 1.77. The second kappa shape index (κ2) is 8.28. The van der Waals surface area contributed by atoms with Crippen LogP contribution in [0.25, 0.3) is 0 Å². The van der Waals surface area contributed by atoms with Gasteiger partial charge in [0.15, 0.2) is 0 Å². The molecule has 0 aliphatic heterocycles. The Kier molecular flexibility index (Phi) is 6.38. The number of amides is 1. The van der Waals surface area contributed by atoms with Crippen molar-refractivity contribution in [3.05, 3.63) is 61.6 Å². The molecule has 0 heterocycles. The van der Waals surface area contributed by atoms with Crippen molar-refractivity contribution in [1.29, 1.82) is 0 Å². The molecule has 0 unspecified atom stereocenters. The van der Waals surface area contributed by atoms with Gasteiger partial charge in [-0.1, -0.05) is 28.1 Å². The molecule has 0 fully saturated rings. The summed E-state index contributed by atoms with van der Waals surface area (Å²) >= 11 is 5.53. The lowest BCUT2D eigenvalue weighted by molar-refractivity contribution is 0.0954. The predicted octanol–water partition coefficient (Wildman–Crippen LogP) is 4.22. The number of hydrogen-bond acceptors (Lipinski definition) is 3. The SMILES string of the molecule is CCOc1ccc(Br)cc1C=NNC(=O)c1ccccc1I. The summed E-state index contributed by atoms with van der Waals surface area (Å²) in [6, 6.07) is 13.0. The highest BCUT2D eigenvalue weighted by molar-refractivity contribution is 14.1. The van der Waals surface area contributed by atoms with Gasteiger partial charge in [0.1, 0.15) is 5.75 Å². The number of halogens is 2. The van der Waals surface area contributed by atoms with E-state index in [-0.39, 0.29) is 5.91 Å². The van der Waals surface area contributed by atoms with Crippen molar-refractivity contribution in [3.8, 4) is 5.75 Å². The molecular formula is C16H14BrIN2O2. The standard InChI is InChI=1S/C16H14BrIN2O2/c1-2-22-15-8-7-12(17)9-11(15)10-19-20-16(21)13-5-3-4-6-14(13)18/h3-10H,2H2,1H3,(H,20,21). The van der Waals surface area contributed by atoms with Gasteiger partial charge >= 0.3 is 0 Å². The van der Waals surface area contributed by atoms with Gasteiger partial charge in [-0.2, -0.15) is 5.10 Å². The van der Waals surface area contributed by atoms with E-state index in [2.05, 4.69) is 49.0 Å². The molecule has 2 aromatic rings. The number of benzene rings is 2. The van der Waals surface area contributed by atoms with Crippen molar-refractivity contribution < 1.29 is 9.53 Å². The summed E-state index contributed by atoms with van der Waals surface area (Å²) in [4.78, 5) is 12.1. The van der Waals surface area contributed by atoms with Gasteiger partial charge in [0.25, 0.3) is 5.91 Å². The summed E-state index contributed by atoms with van der Waals surface area (Å²) in [5.41, 5.74) is 3.92. The van der Waals surface area contributed by atoms with Crippen LogP contribution in [0.3, 0.4) is 0 Å². The predicted molar refractivity (Wildman–Crippen MR) is 99.5 cm³/mol. The Morgan fingerprint density at radius 1 is 1.36 bits per heavy atom. The number of carbonyl (C=O) groups is 1. The quantitative estimate of drug-likeness (QED) is 0.402. The van der Waals surface area contributed by atoms with Gasteiger partial charge in [-0.25, -0.2) is 5.43 Å². The maximum Gasteiger partial charge on any atom is 0.272 e. The zero-order valence-electron chi connectivity index (χ0n) is 11.8. The van der Waals surface area contributed by atoms with Crippen LogP contribution in [0.1, 0.15) is 22.8 Å². The maximum absolute atomic E-state index is 12.1. The second-order valence-corrected chi connectivity index (χ2v) is 6.37. The topological polar surface area (TPSA) is 50.7 Å². The van der Waals surface area contributed by atoms with E-state index in [1.807, 2.05) is 43.3 Å². The summed E-state index contributed by atoms with van der Waals surface area (Å²) < 4.78 is 7.33. The first-order valence-electron chi connectivity index (χ1n) is 6.62. The highest BCUT2D eigenvalue weighted by atomic mass is 127. The minimum absolute atomic E-state index is 0.241. The molecule has 0 aromatic heterocycles. The van der Waals surface area contributed by atoms with Gasteiger partial charge in [0, 0.05) is 13.6 Å². The molecule has 1 N–H and O–H groups in total. The third kappa shape index (κ3) is 4.54. The third-order valence-electron chi connectivity index (χ3n) is 2.76. The maximum atomic E-state index is 12.1. The average Bonchev–Trinajstić information content (AvgIpc) is 2.50. The highest BCUT2D eigenvalue weighted by Gasteiger charge is 2.08. The van der Waals surface area contributed by atoms with Crippen LogP contribution in [0.5, 0.6) is 5.75 Å². The summed E-state index contributed by atoms with van der Waals surface area (Å²) in [6.45, 7) is 2.49. The van der Waals surface area contributed by atoms with Crippen LogP contribution in [0.15, 0.2) is 52.0 Å². The normalized spacial score (nSPS) is 10.7. The lowest BCUT2D eigenvalue weighted by atomic mass is 10.2. The fourth-order valence-corrected chi connectivity index (χ4v) is 2.78. The summed E-state index contributed by atoms with van der Waals surface area (Å²) in [5.74, 6) is 0.479. The molecule has 2 aromatic carbocycles. The molecule has 0 atom stereocenters. The van der Waals surface area contributed by atoms with Crippen molar-refractivity contribution in [3.63, 3.8) is 0 Å². The molecule has 0 saturated heterocycles. The Hall–Kier alpha value is -1.41. The number of rotatable bonds is 5. The van der Waals surface area contributed by atoms with Crippen LogP contribution in [-0.2, 0) is 0 Å². The van der Waals surface area contributed by atoms with Gasteiger partial charge in [0.2, 0.25) is 0 Å². The Bertz CT molecular complexity index is 704. The number of nitrogens with zero attached hydrogens (tertiary/aromatic N) is 1. The Labute approximate surface area is 151 Å². The molecule has 0 saturated carbocycles. The number of hydrogen-bond donors (Lipinski definition) is 1. The smallest absolute Gasteiger partial charge is 0.272 e. The molecule has 114 valence electrons. The van der Waals surface area contributed by atoms with E-state index in [4.69, 9.17) is 4.74 Å². The van der Waals surface area contributed by atoms with Crippen molar-refractivity contribution in [2.24, 2.45) is 5.10 Å². The lowest BCUT2D eigenvalue weighted by Crippen LogP contribution is -2.18. The van der Waals surface area contributed by atoms with Gasteiger partial charge < -0.3 is 4.74 Å². The average molecular weight is 473 g/mol. The van der Waals surface area contributed by atoms with Gasteiger partial charge in [-0.15, -0.1) is 0 Å². The van der Waals surface area contributed by atoms with Crippen LogP contribution in [0, 0.1) is 3.57 Å². The van der Waals surface area contributed by atoms with Gasteiger partial charge in [0.05, 0.1) is 18.4 Å². The second-order valence-electron chi connectivity index (χ2n) is 4.29. The van der Waals surface area contributed by atoms with Crippen LogP contribution < -0.4 is 10.2 Å². The lowest BCUT2D eigenvalue weighted by Gasteiger charge is -2.07. The molecule has 0 aliphatic rings. The number of nitrogens with one attached hydrogen (secondary N) is 1. The van der Waals surface area contributed by atoms with Crippen molar-refractivity contribution in [2.75, 3.05) is 6.61 Å². The van der Waals surface area contributed by atoms with E-state index in [9.17, 15) is 4.79 Å².